The lowest BCUT2D eigenvalue weighted by molar-refractivity contribution is 0.465. The van der Waals surface area contributed by atoms with E-state index in [0.717, 1.165) is 22.3 Å². The molecule has 104 valence electrons. The molecule has 3 rings (SSSR count). The molecule has 1 aliphatic rings. The minimum Gasteiger partial charge on any atom is -0.303 e. The average Bonchev–Trinajstić information content (AvgIpc) is 2.81. The van der Waals surface area contributed by atoms with Gasteiger partial charge >= 0.3 is 0 Å². The van der Waals surface area contributed by atoms with Crippen LogP contribution in [0.1, 0.15) is 42.1 Å². The lowest BCUT2D eigenvalue weighted by Gasteiger charge is -2.21. The van der Waals surface area contributed by atoms with Gasteiger partial charge in [-0.05, 0) is 60.7 Å². The van der Waals surface area contributed by atoms with E-state index in [9.17, 15) is 0 Å². The van der Waals surface area contributed by atoms with E-state index in [1.54, 1.807) is 0 Å². The molecule has 2 aromatic rings. The molecular formula is C17H17BrClN. The summed E-state index contributed by atoms with van der Waals surface area (Å²) in [5.41, 5.74) is 4.09. The van der Waals surface area contributed by atoms with E-state index in [1.807, 2.05) is 6.07 Å². The fraction of sp³-hybridized carbons (Fsp3) is 0.294. The van der Waals surface area contributed by atoms with Gasteiger partial charge in [-0.1, -0.05) is 45.7 Å². The van der Waals surface area contributed by atoms with Crippen molar-refractivity contribution < 1.29 is 0 Å². The van der Waals surface area contributed by atoms with Crippen LogP contribution in [0.2, 0.25) is 5.02 Å². The third-order valence-corrected chi connectivity index (χ3v) is 4.71. The van der Waals surface area contributed by atoms with Crippen LogP contribution in [0.5, 0.6) is 0 Å². The molecule has 0 saturated heterocycles. The number of benzene rings is 2. The first kappa shape index (κ1) is 14.1. The van der Waals surface area contributed by atoms with E-state index in [1.165, 1.54) is 16.7 Å². The van der Waals surface area contributed by atoms with Crippen LogP contribution in [0.25, 0.3) is 0 Å². The molecular weight excluding hydrogens is 334 g/mol. The first-order valence-electron chi connectivity index (χ1n) is 6.93. The van der Waals surface area contributed by atoms with Gasteiger partial charge in [0.05, 0.1) is 0 Å². The van der Waals surface area contributed by atoms with E-state index in [-0.39, 0.29) is 0 Å². The van der Waals surface area contributed by atoms with Gasteiger partial charge in [-0.25, -0.2) is 0 Å². The summed E-state index contributed by atoms with van der Waals surface area (Å²) >= 11 is 9.60. The molecule has 1 N–H and O–H groups in total. The monoisotopic (exact) mass is 349 g/mol. The van der Waals surface area contributed by atoms with Crippen molar-refractivity contribution in [1.29, 1.82) is 0 Å². The first-order chi connectivity index (χ1) is 9.63. The SMILES string of the molecule is C[C@H](NC1CCc2cc(Cl)ccc21)c1cccc(Br)c1. The summed E-state index contributed by atoms with van der Waals surface area (Å²) in [6, 6.07) is 15.5. The first-order valence-corrected chi connectivity index (χ1v) is 8.10. The van der Waals surface area contributed by atoms with E-state index < -0.39 is 0 Å². The number of fused-ring (bicyclic) bond motifs is 1. The van der Waals surface area contributed by atoms with Crippen molar-refractivity contribution in [3.63, 3.8) is 0 Å². The Labute approximate surface area is 133 Å². The Balaban J connectivity index is 1.77. The van der Waals surface area contributed by atoms with Crippen LogP contribution in [0.3, 0.4) is 0 Å². The van der Waals surface area contributed by atoms with E-state index >= 15 is 0 Å². The number of hydrogen-bond acceptors (Lipinski definition) is 1. The number of hydrogen-bond donors (Lipinski definition) is 1. The molecule has 0 spiro atoms. The van der Waals surface area contributed by atoms with Gasteiger partial charge in [-0.15, -0.1) is 0 Å². The maximum absolute atomic E-state index is 6.06. The zero-order valence-electron chi connectivity index (χ0n) is 11.4. The van der Waals surface area contributed by atoms with Crippen molar-refractivity contribution in [2.24, 2.45) is 0 Å². The highest BCUT2D eigenvalue weighted by Crippen LogP contribution is 2.34. The molecule has 0 radical (unpaired) electrons. The van der Waals surface area contributed by atoms with E-state index in [0.29, 0.717) is 12.1 Å². The number of aryl methyl sites for hydroxylation is 1. The second-order valence-electron chi connectivity index (χ2n) is 5.38. The molecule has 0 aliphatic heterocycles. The van der Waals surface area contributed by atoms with Crippen molar-refractivity contribution in [1.82, 2.24) is 5.32 Å². The molecule has 0 saturated carbocycles. The van der Waals surface area contributed by atoms with Crippen LogP contribution in [0.15, 0.2) is 46.9 Å². The van der Waals surface area contributed by atoms with Crippen molar-refractivity contribution in [2.75, 3.05) is 0 Å². The van der Waals surface area contributed by atoms with Gasteiger partial charge in [-0.3, -0.25) is 0 Å². The molecule has 0 heterocycles. The molecule has 1 unspecified atom stereocenters. The largest absolute Gasteiger partial charge is 0.303 e. The van der Waals surface area contributed by atoms with Gasteiger partial charge in [0.25, 0.3) is 0 Å². The van der Waals surface area contributed by atoms with Gasteiger partial charge < -0.3 is 5.32 Å². The van der Waals surface area contributed by atoms with E-state index in [4.69, 9.17) is 11.6 Å². The summed E-state index contributed by atoms with van der Waals surface area (Å²) < 4.78 is 1.13. The van der Waals surface area contributed by atoms with Gasteiger partial charge in [0, 0.05) is 21.6 Å². The van der Waals surface area contributed by atoms with Crippen LogP contribution < -0.4 is 5.32 Å². The fourth-order valence-electron chi connectivity index (χ4n) is 2.93. The van der Waals surface area contributed by atoms with Crippen LogP contribution in [0, 0.1) is 0 Å². The Morgan fingerprint density at radius 2 is 2.10 bits per heavy atom. The van der Waals surface area contributed by atoms with Crippen molar-refractivity contribution in [3.05, 3.63) is 68.7 Å². The molecule has 0 amide bonds. The minimum absolute atomic E-state index is 0.333. The fourth-order valence-corrected chi connectivity index (χ4v) is 3.54. The second-order valence-corrected chi connectivity index (χ2v) is 6.73. The Morgan fingerprint density at radius 3 is 2.90 bits per heavy atom. The molecule has 1 nitrogen and oxygen atoms in total. The molecule has 0 aromatic heterocycles. The Bertz CT molecular complexity index is 626. The number of halogens is 2. The number of nitrogens with one attached hydrogen (secondary N) is 1. The van der Waals surface area contributed by atoms with Gasteiger partial charge in [-0.2, -0.15) is 0 Å². The van der Waals surface area contributed by atoms with Gasteiger partial charge in [0.2, 0.25) is 0 Å². The summed E-state index contributed by atoms with van der Waals surface area (Å²) in [6.45, 7) is 2.22. The summed E-state index contributed by atoms with van der Waals surface area (Å²) in [6.07, 6.45) is 2.26. The van der Waals surface area contributed by atoms with Crippen LogP contribution in [-0.4, -0.2) is 0 Å². The van der Waals surface area contributed by atoms with Crippen molar-refractivity contribution in [2.45, 2.75) is 31.8 Å². The van der Waals surface area contributed by atoms with Crippen LogP contribution in [0.4, 0.5) is 0 Å². The molecule has 20 heavy (non-hydrogen) atoms. The zero-order chi connectivity index (χ0) is 14.1. The van der Waals surface area contributed by atoms with Gasteiger partial charge in [0.15, 0.2) is 0 Å². The predicted octanol–water partition coefficient (Wildman–Crippen LogP) is 5.44. The number of rotatable bonds is 3. The summed E-state index contributed by atoms with van der Waals surface area (Å²) in [4.78, 5) is 0. The maximum atomic E-state index is 6.06. The topological polar surface area (TPSA) is 12.0 Å². The van der Waals surface area contributed by atoms with Crippen molar-refractivity contribution >= 4 is 27.5 Å². The molecule has 0 bridgehead atoms. The predicted molar refractivity (Wildman–Crippen MR) is 88.2 cm³/mol. The highest BCUT2D eigenvalue weighted by molar-refractivity contribution is 9.10. The smallest absolute Gasteiger partial charge is 0.0408 e. The standard InChI is InChI=1S/C17H17BrClN/c1-11(12-3-2-4-14(18)9-12)20-17-8-5-13-10-15(19)6-7-16(13)17/h2-4,6-7,9-11,17,20H,5,8H2,1H3/t11-,17?/m0/s1. The summed E-state index contributed by atoms with van der Waals surface area (Å²) in [5, 5.41) is 4.57. The highest BCUT2D eigenvalue weighted by Gasteiger charge is 2.24. The quantitative estimate of drug-likeness (QED) is 0.777. The van der Waals surface area contributed by atoms with E-state index in [2.05, 4.69) is 64.6 Å². The average molecular weight is 351 g/mol. The van der Waals surface area contributed by atoms with Crippen LogP contribution >= 0.6 is 27.5 Å². The molecule has 3 heteroatoms. The Hall–Kier alpha value is -0.830. The summed E-state index contributed by atoms with van der Waals surface area (Å²) in [7, 11) is 0. The van der Waals surface area contributed by atoms with Crippen molar-refractivity contribution in [3.8, 4) is 0 Å². The molecule has 0 fully saturated rings. The lowest BCUT2D eigenvalue weighted by atomic mass is 10.0. The zero-order valence-corrected chi connectivity index (χ0v) is 13.7. The third kappa shape index (κ3) is 2.93. The second kappa shape index (κ2) is 5.88. The lowest BCUT2D eigenvalue weighted by Crippen LogP contribution is -2.23. The van der Waals surface area contributed by atoms with Crippen LogP contribution in [-0.2, 0) is 6.42 Å². The third-order valence-electron chi connectivity index (χ3n) is 3.98. The maximum Gasteiger partial charge on any atom is 0.0408 e. The molecule has 2 atom stereocenters. The molecule has 2 aromatic carbocycles. The Morgan fingerprint density at radius 1 is 1.25 bits per heavy atom. The summed E-state index contributed by atoms with van der Waals surface area (Å²) in [5.74, 6) is 0. The van der Waals surface area contributed by atoms with Gasteiger partial charge in [0.1, 0.15) is 0 Å². The normalized spacial score (nSPS) is 18.9. The Kier molecular flexibility index (Phi) is 4.16. The minimum atomic E-state index is 0.333. The molecule has 1 aliphatic carbocycles. The highest BCUT2D eigenvalue weighted by atomic mass is 79.9.